The van der Waals surface area contributed by atoms with Gasteiger partial charge in [-0.2, -0.15) is 5.26 Å². The first-order valence-electron chi connectivity index (χ1n) is 3.69. The molecule has 0 atom stereocenters. The molecule has 0 fully saturated rings. The number of hydrogen-bond donors (Lipinski definition) is 0. The molecule has 3 nitrogen and oxygen atoms in total. The molecule has 64 valence electrons. The van der Waals surface area contributed by atoms with Crippen LogP contribution in [0, 0.1) is 18.3 Å². The van der Waals surface area contributed by atoms with Crippen molar-refractivity contribution >= 4 is 11.3 Å². The van der Waals surface area contributed by atoms with Crippen molar-refractivity contribution in [1.82, 2.24) is 9.88 Å². The molecule has 1 aromatic rings. The molecule has 1 aromatic heterocycles. The van der Waals surface area contributed by atoms with Crippen LogP contribution < -0.4 is 0 Å². The molecule has 0 aliphatic carbocycles. The van der Waals surface area contributed by atoms with Gasteiger partial charge in [0, 0.05) is 11.1 Å². The number of rotatable bonds is 3. The minimum atomic E-state index is 0.457. The molecule has 0 aromatic carbocycles. The summed E-state index contributed by atoms with van der Waals surface area (Å²) >= 11 is 1.64. The van der Waals surface area contributed by atoms with Gasteiger partial charge in [0.05, 0.1) is 19.2 Å². The molecular weight excluding hydrogens is 170 g/mol. The maximum Gasteiger partial charge on any atom is 0.107 e. The van der Waals surface area contributed by atoms with Crippen molar-refractivity contribution in [3.63, 3.8) is 0 Å². The number of aromatic nitrogens is 1. The zero-order valence-electron chi connectivity index (χ0n) is 7.24. The number of hydrogen-bond acceptors (Lipinski definition) is 4. The second-order valence-electron chi connectivity index (χ2n) is 2.71. The standard InChI is InChI=1S/C8H11N3S/c1-7-6-12-8(10-7)5-11(2)4-3-9/h6H,4-5H2,1-2H3. The Hall–Kier alpha value is -0.920. The van der Waals surface area contributed by atoms with Crippen LogP contribution in [0.5, 0.6) is 0 Å². The first-order valence-corrected chi connectivity index (χ1v) is 4.57. The van der Waals surface area contributed by atoms with Crippen molar-refractivity contribution in [2.45, 2.75) is 13.5 Å². The lowest BCUT2D eigenvalue weighted by molar-refractivity contribution is 0.366. The van der Waals surface area contributed by atoms with Crippen molar-refractivity contribution in [2.24, 2.45) is 0 Å². The maximum absolute atomic E-state index is 8.41. The monoisotopic (exact) mass is 181 g/mol. The van der Waals surface area contributed by atoms with Gasteiger partial charge in [-0.05, 0) is 14.0 Å². The van der Waals surface area contributed by atoms with Crippen LogP contribution >= 0.6 is 11.3 Å². The van der Waals surface area contributed by atoms with Crippen LogP contribution in [0.3, 0.4) is 0 Å². The van der Waals surface area contributed by atoms with Crippen LogP contribution in [0.1, 0.15) is 10.7 Å². The largest absolute Gasteiger partial charge is 0.287 e. The predicted molar refractivity (Wildman–Crippen MR) is 48.8 cm³/mol. The normalized spacial score (nSPS) is 10.2. The Kier molecular flexibility index (Phi) is 3.20. The van der Waals surface area contributed by atoms with Gasteiger partial charge in [0.2, 0.25) is 0 Å². The summed E-state index contributed by atoms with van der Waals surface area (Å²) in [4.78, 5) is 6.24. The van der Waals surface area contributed by atoms with E-state index in [9.17, 15) is 0 Å². The van der Waals surface area contributed by atoms with Gasteiger partial charge in [0.1, 0.15) is 5.01 Å². The molecule has 0 N–H and O–H groups in total. The van der Waals surface area contributed by atoms with E-state index in [-0.39, 0.29) is 0 Å². The highest BCUT2D eigenvalue weighted by atomic mass is 32.1. The molecule has 4 heteroatoms. The minimum Gasteiger partial charge on any atom is -0.287 e. The summed E-state index contributed by atoms with van der Waals surface area (Å²) in [7, 11) is 1.92. The van der Waals surface area contributed by atoms with Gasteiger partial charge in [0.25, 0.3) is 0 Å². The van der Waals surface area contributed by atoms with Gasteiger partial charge >= 0.3 is 0 Å². The lowest BCUT2D eigenvalue weighted by Gasteiger charge is -2.08. The van der Waals surface area contributed by atoms with Crippen LogP contribution in [-0.4, -0.2) is 23.5 Å². The summed E-state index contributed by atoms with van der Waals surface area (Å²) in [6.45, 7) is 3.20. The fourth-order valence-corrected chi connectivity index (χ4v) is 1.73. The first-order chi connectivity index (χ1) is 5.72. The fourth-order valence-electron chi connectivity index (χ4n) is 0.883. The van der Waals surface area contributed by atoms with E-state index in [0.717, 1.165) is 17.2 Å². The first kappa shape index (κ1) is 9.17. The Morgan fingerprint density at radius 1 is 1.75 bits per heavy atom. The van der Waals surface area contributed by atoms with Gasteiger partial charge in [-0.1, -0.05) is 0 Å². The molecule has 0 aliphatic heterocycles. The van der Waals surface area contributed by atoms with E-state index in [1.165, 1.54) is 0 Å². The third kappa shape index (κ3) is 2.61. The lowest BCUT2D eigenvalue weighted by Crippen LogP contribution is -2.17. The van der Waals surface area contributed by atoms with Gasteiger partial charge in [0.15, 0.2) is 0 Å². The lowest BCUT2D eigenvalue weighted by atomic mass is 10.5. The Balaban J connectivity index is 2.47. The van der Waals surface area contributed by atoms with E-state index in [4.69, 9.17) is 5.26 Å². The fraction of sp³-hybridized carbons (Fsp3) is 0.500. The molecule has 0 saturated heterocycles. The van der Waals surface area contributed by atoms with E-state index < -0.39 is 0 Å². The van der Waals surface area contributed by atoms with E-state index in [0.29, 0.717) is 6.54 Å². The highest BCUT2D eigenvalue weighted by Gasteiger charge is 2.02. The van der Waals surface area contributed by atoms with Crippen molar-refractivity contribution in [2.75, 3.05) is 13.6 Å². The predicted octanol–water partition coefficient (Wildman–Crippen LogP) is 1.41. The maximum atomic E-state index is 8.41. The van der Waals surface area contributed by atoms with Crippen LogP contribution in [0.15, 0.2) is 5.38 Å². The molecule has 0 saturated carbocycles. The third-order valence-corrected chi connectivity index (χ3v) is 2.36. The molecule has 0 bridgehead atoms. The van der Waals surface area contributed by atoms with Crippen LogP contribution in [0.25, 0.3) is 0 Å². The molecule has 12 heavy (non-hydrogen) atoms. The Labute approximate surface area is 76.3 Å². The molecule has 1 heterocycles. The number of aryl methyl sites for hydroxylation is 1. The Bertz CT molecular complexity index is 287. The molecule has 1 rings (SSSR count). The molecular formula is C8H11N3S. The van der Waals surface area contributed by atoms with Gasteiger partial charge in [-0.3, -0.25) is 4.90 Å². The Morgan fingerprint density at radius 3 is 3.00 bits per heavy atom. The topological polar surface area (TPSA) is 39.9 Å². The van der Waals surface area contributed by atoms with Crippen molar-refractivity contribution in [3.8, 4) is 6.07 Å². The summed E-state index contributed by atoms with van der Waals surface area (Å²) in [5.41, 5.74) is 1.06. The van der Waals surface area contributed by atoms with E-state index in [1.807, 2.05) is 24.3 Å². The molecule has 0 unspecified atom stereocenters. The molecule has 0 radical (unpaired) electrons. The summed E-state index contributed by atoms with van der Waals surface area (Å²) in [5, 5.41) is 11.5. The second kappa shape index (κ2) is 4.19. The van der Waals surface area contributed by atoms with Crippen LogP contribution in [0.4, 0.5) is 0 Å². The highest BCUT2D eigenvalue weighted by molar-refractivity contribution is 7.09. The van der Waals surface area contributed by atoms with E-state index in [2.05, 4.69) is 11.1 Å². The number of nitriles is 1. The highest BCUT2D eigenvalue weighted by Crippen LogP contribution is 2.10. The average Bonchev–Trinajstić information content (AvgIpc) is 2.36. The SMILES string of the molecule is Cc1csc(CN(C)CC#N)n1. The summed E-state index contributed by atoms with van der Waals surface area (Å²) < 4.78 is 0. The van der Waals surface area contributed by atoms with Crippen molar-refractivity contribution < 1.29 is 0 Å². The van der Waals surface area contributed by atoms with Gasteiger partial charge in [-0.15, -0.1) is 11.3 Å². The minimum absolute atomic E-state index is 0.457. The van der Waals surface area contributed by atoms with Gasteiger partial charge < -0.3 is 0 Å². The Morgan fingerprint density at radius 2 is 2.50 bits per heavy atom. The van der Waals surface area contributed by atoms with Crippen molar-refractivity contribution in [1.29, 1.82) is 5.26 Å². The van der Waals surface area contributed by atoms with E-state index >= 15 is 0 Å². The summed E-state index contributed by atoms with van der Waals surface area (Å²) in [6.07, 6.45) is 0. The summed E-state index contributed by atoms with van der Waals surface area (Å²) in [5.74, 6) is 0. The van der Waals surface area contributed by atoms with Crippen LogP contribution in [0.2, 0.25) is 0 Å². The van der Waals surface area contributed by atoms with E-state index in [1.54, 1.807) is 11.3 Å². The zero-order chi connectivity index (χ0) is 8.97. The van der Waals surface area contributed by atoms with Crippen molar-refractivity contribution in [3.05, 3.63) is 16.1 Å². The quantitative estimate of drug-likeness (QED) is 0.662. The third-order valence-electron chi connectivity index (χ3n) is 1.41. The second-order valence-corrected chi connectivity index (χ2v) is 3.66. The zero-order valence-corrected chi connectivity index (χ0v) is 8.06. The molecule has 0 amide bonds. The molecule has 0 spiro atoms. The number of nitrogens with zero attached hydrogens (tertiary/aromatic N) is 3. The van der Waals surface area contributed by atoms with Crippen LogP contribution in [-0.2, 0) is 6.54 Å². The summed E-state index contributed by atoms with van der Waals surface area (Å²) in [6, 6.07) is 2.10. The average molecular weight is 181 g/mol. The van der Waals surface area contributed by atoms with Gasteiger partial charge in [-0.25, -0.2) is 4.98 Å². The smallest absolute Gasteiger partial charge is 0.107 e. The molecule has 0 aliphatic rings. The number of thiazole rings is 1.